The van der Waals surface area contributed by atoms with Crippen LogP contribution in [0.15, 0.2) is 77.8 Å². The Hall–Kier alpha value is -3.99. The summed E-state index contributed by atoms with van der Waals surface area (Å²) in [6.45, 7) is 1.96. The quantitative estimate of drug-likeness (QED) is 0.504. The number of pyridine rings is 1. The van der Waals surface area contributed by atoms with E-state index in [1.807, 2.05) is 35.2 Å². The maximum absolute atomic E-state index is 13.4. The summed E-state index contributed by atoms with van der Waals surface area (Å²) < 4.78 is 0. The highest BCUT2D eigenvalue weighted by Crippen LogP contribution is 2.35. The van der Waals surface area contributed by atoms with Gasteiger partial charge in [0.2, 0.25) is 0 Å². The first-order valence-corrected chi connectivity index (χ1v) is 10.9. The molecule has 0 aliphatic carbocycles. The minimum absolute atomic E-state index is 0.102. The number of amides is 1. The van der Waals surface area contributed by atoms with Crippen molar-refractivity contribution in [1.82, 2.24) is 9.88 Å². The Balaban J connectivity index is 1.25. The Morgan fingerprint density at radius 2 is 1.88 bits per heavy atom. The second-order valence-electron chi connectivity index (χ2n) is 8.30. The van der Waals surface area contributed by atoms with Gasteiger partial charge in [-0.3, -0.25) is 14.8 Å². The fourth-order valence-electron chi connectivity index (χ4n) is 4.63. The first kappa shape index (κ1) is 18.8. The minimum Gasteiger partial charge on any atom is -0.346 e. The van der Waals surface area contributed by atoms with E-state index in [4.69, 9.17) is 4.98 Å². The molecular weight excluding hydrogens is 396 g/mol. The smallest absolute Gasteiger partial charge is 0.255 e. The van der Waals surface area contributed by atoms with Gasteiger partial charge in [0, 0.05) is 36.3 Å². The lowest BCUT2D eigenvalue weighted by molar-refractivity contribution is 0.0780. The van der Waals surface area contributed by atoms with E-state index < -0.39 is 0 Å². The molecule has 3 heterocycles. The molecule has 6 rings (SSSR count). The van der Waals surface area contributed by atoms with Crippen molar-refractivity contribution in [3.63, 3.8) is 0 Å². The molecule has 2 aliphatic heterocycles. The first-order valence-electron chi connectivity index (χ1n) is 10.9. The predicted molar refractivity (Wildman–Crippen MR) is 128 cm³/mol. The molecule has 0 saturated carbocycles. The number of hydrogen-bond donors (Lipinski definition) is 1. The van der Waals surface area contributed by atoms with Crippen molar-refractivity contribution in [1.29, 1.82) is 0 Å². The average molecular weight is 419 g/mol. The summed E-state index contributed by atoms with van der Waals surface area (Å²) in [4.78, 5) is 24.4. The summed E-state index contributed by atoms with van der Waals surface area (Å²) in [7, 11) is 0. The van der Waals surface area contributed by atoms with E-state index in [1.165, 1.54) is 0 Å². The number of nitrogens with zero attached hydrogens (tertiary/aromatic N) is 3. The van der Waals surface area contributed by atoms with Gasteiger partial charge in [-0.05, 0) is 46.5 Å². The SMILES string of the molecule is O=C1c2c(cccc2-c2ccc3c(c2)CN=CN3)CN1CCc1ccc2ccccc2n1. The summed E-state index contributed by atoms with van der Waals surface area (Å²) >= 11 is 0. The molecule has 3 aromatic carbocycles. The first-order chi connectivity index (χ1) is 15.8. The van der Waals surface area contributed by atoms with Gasteiger partial charge in [0.25, 0.3) is 5.91 Å². The Morgan fingerprint density at radius 3 is 2.84 bits per heavy atom. The molecule has 4 aromatic rings. The van der Waals surface area contributed by atoms with E-state index >= 15 is 0 Å². The molecule has 5 nitrogen and oxygen atoms in total. The van der Waals surface area contributed by atoms with E-state index in [-0.39, 0.29) is 5.91 Å². The highest BCUT2D eigenvalue weighted by molar-refractivity contribution is 6.04. The van der Waals surface area contributed by atoms with Gasteiger partial charge in [-0.1, -0.05) is 48.5 Å². The van der Waals surface area contributed by atoms with Gasteiger partial charge < -0.3 is 10.2 Å². The molecule has 2 aliphatic rings. The second kappa shape index (κ2) is 7.61. The normalized spacial score (nSPS) is 14.4. The van der Waals surface area contributed by atoms with Crippen LogP contribution in [-0.2, 0) is 19.5 Å². The van der Waals surface area contributed by atoms with Crippen LogP contribution in [0.2, 0.25) is 0 Å². The highest BCUT2D eigenvalue weighted by Gasteiger charge is 2.30. The molecule has 1 aromatic heterocycles. The third-order valence-electron chi connectivity index (χ3n) is 6.30. The monoisotopic (exact) mass is 418 g/mol. The Kier molecular flexibility index (Phi) is 4.46. The van der Waals surface area contributed by atoms with Crippen LogP contribution < -0.4 is 5.32 Å². The Bertz CT molecular complexity index is 1390. The van der Waals surface area contributed by atoms with Gasteiger partial charge in [-0.2, -0.15) is 0 Å². The Morgan fingerprint density at radius 1 is 0.938 bits per heavy atom. The zero-order chi connectivity index (χ0) is 21.5. The van der Waals surface area contributed by atoms with Crippen molar-refractivity contribution >= 4 is 28.8 Å². The molecule has 0 saturated heterocycles. The average Bonchev–Trinajstić information content (AvgIpc) is 3.18. The predicted octanol–water partition coefficient (Wildman–Crippen LogP) is 5.05. The molecule has 0 fully saturated rings. The summed E-state index contributed by atoms with van der Waals surface area (Å²) in [5.41, 5.74) is 8.20. The number of nitrogens with one attached hydrogen (secondary N) is 1. The van der Waals surface area contributed by atoms with Gasteiger partial charge in [0.1, 0.15) is 0 Å². The number of carbonyl (C=O) groups excluding carboxylic acids is 1. The van der Waals surface area contributed by atoms with Crippen LogP contribution in [0.5, 0.6) is 0 Å². The largest absolute Gasteiger partial charge is 0.346 e. The molecule has 0 atom stereocenters. The van der Waals surface area contributed by atoms with Crippen molar-refractivity contribution in [3.05, 3.63) is 95.2 Å². The third kappa shape index (κ3) is 3.23. The van der Waals surface area contributed by atoms with Crippen molar-refractivity contribution < 1.29 is 4.79 Å². The Labute approximate surface area is 186 Å². The summed E-state index contributed by atoms with van der Waals surface area (Å²) in [6, 6.07) is 24.7. The van der Waals surface area contributed by atoms with Crippen LogP contribution in [-0.4, -0.2) is 28.7 Å². The number of benzene rings is 3. The minimum atomic E-state index is 0.102. The van der Waals surface area contributed by atoms with Crippen LogP contribution in [0.25, 0.3) is 22.0 Å². The lowest BCUT2D eigenvalue weighted by Crippen LogP contribution is -2.26. The van der Waals surface area contributed by atoms with Crippen LogP contribution in [0, 0.1) is 0 Å². The van der Waals surface area contributed by atoms with Crippen molar-refractivity contribution in [3.8, 4) is 11.1 Å². The third-order valence-corrected chi connectivity index (χ3v) is 6.30. The van der Waals surface area contributed by atoms with Gasteiger partial charge in [-0.25, -0.2) is 0 Å². The number of aliphatic imine (C=N–C) groups is 1. The molecule has 0 spiro atoms. The summed E-state index contributed by atoms with van der Waals surface area (Å²) in [5.74, 6) is 0.102. The number of fused-ring (bicyclic) bond motifs is 3. The van der Waals surface area contributed by atoms with Gasteiger partial charge in [0.15, 0.2) is 0 Å². The summed E-state index contributed by atoms with van der Waals surface area (Å²) in [6.07, 6.45) is 2.47. The van der Waals surface area contributed by atoms with Gasteiger partial charge in [-0.15, -0.1) is 0 Å². The van der Waals surface area contributed by atoms with E-state index in [2.05, 4.69) is 52.8 Å². The zero-order valence-electron chi connectivity index (χ0n) is 17.6. The van der Waals surface area contributed by atoms with E-state index in [0.29, 0.717) is 19.6 Å². The van der Waals surface area contributed by atoms with E-state index in [0.717, 1.165) is 56.5 Å². The molecule has 1 N–H and O–H groups in total. The molecule has 1 amide bonds. The molecule has 156 valence electrons. The number of carbonyl (C=O) groups is 1. The van der Waals surface area contributed by atoms with Crippen molar-refractivity contribution in [2.45, 2.75) is 19.5 Å². The lowest BCUT2D eigenvalue weighted by atomic mass is 9.95. The summed E-state index contributed by atoms with van der Waals surface area (Å²) in [5, 5.41) is 4.32. The van der Waals surface area contributed by atoms with E-state index in [1.54, 1.807) is 6.34 Å². The van der Waals surface area contributed by atoms with E-state index in [9.17, 15) is 4.79 Å². The molecule has 0 unspecified atom stereocenters. The van der Waals surface area contributed by atoms with Crippen LogP contribution in [0.1, 0.15) is 27.2 Å². The maximum Gasteiger partial charge on any atom is 0.255 e. The molecular formula is C27H22N4O. The maximum atomic E-state index is 13.4. The fraction of sp³-hybridized carbons (Fsp3) is 0.148. The number of para-hydroxylation sites is 1. The van der Waals surface area contributed by atoms with Crippen molar-refractivity contribution in [2.75, 3.05) is 11.9 Å². The van der Waals surface area contributed by atoms with Gasteiger partial charge >= 0.3 is 0 Å². The molecule has 0 bridgehead atoms. The number of anilines is 1. The number of hydrogen-bond acceptors (Lipinski definition) is 4. The topological polar surface area (TPSA) is 57.6 Å². The number of aromatic nitrogens is 1. The lowest BCUT2D eigenvalue weighted by Gasteiger charge is -2.16. The van der Waals surface area contributed by atoms with Crippen LogP contribution in [0.4, 0.5) is 5.69 Å². The van der Waals surface area contributed by atoms with Crippen LogP contribution in [0.3, 0.4) is 0 Å². The highest BCUT2D eigenvalue weighted by atomic mass is 16.2. The second-order valence-corrected chi connectivity index (χ2v) is 8.30. The van der Waals surface area contributed by atoms with Gasteiger partial charge in [0.05, 0.1) is 24.0 Å². The molecule has 32 heavy (non-hydrogen) atoms. The number of rotatable bonds is 4. The molecule has 0 radical (unpaired) electrons. The molecule has 5 heteroatoms. The zero-order valence-corrected chi connectivity index (χ0v) is 17.6. The standard InChI is InChI=1S/C27H22N4O/c32-27-26-20(5-3-6-23(26)19-9-11-24-21(14-19)15-28-17-29-24)16-31(27)13-12-22-10-8-18-4-1-2-7-25(18)30-22/h1-11,14,17H,12-13,15-16H2,(H,28,29). The van der Waals surface area contributed by atoms with Crippen LogP contribution >= 0.6 is 0 Å². The fourth-order valence-corrected chi connectivity index (χ4v) is 4.63. The van der Waals surface area contributed by atoms with Crippen molar-refractivity contribution in [2.24, 2.45) is 4.99 Å².